The van der Waals surface area contributed by atoms with E-state index in [4.69, 9.17) is 16.0 Å². The van der Waals surface area contributed by atoms with E-state index in [1.165, 1.54) is 10.8 Å². The highest BCUT2D eigenvalue weighted by molar-refractivity contribution is 5.65. The summed E-state index contributed by atoms with van der Waals surface area (Å²) in [7, 11) is 0. The summed E-state index contributed by atoms with van der Waals surface area (Å²) in [5.41, 5.74) is 13.2. The summed E-state index contributed by atoms with van der Waals surface area (Å²) in [6.45, 7) is -0.785. The molecule has 5 N–H and O–H groups in total. The quantitative estimate of drug-likeness (QED) is 0.323. The molecule has 0 amide bonds. The Balaban J connectivity index is 2.08. The van der Waals surface area contributed by atoms with Gasteiger partial charge in [-0.05, 0) is 17.7 Å². The Bertz CT molecular complexity index is 758. The van der Waals surface area contributed by atoms with Gasteiger partial charge in [-0.2, -0.15) is 5.10 Å². The van der Waals surface area contributed by atoms with Crippen LogP contribution in [0.25, 0.3) is 16.0 Å². The second-order valence-corrected chi connectivity index (χ2v) is 4.87. The minimum absolute atomic E-state index is 0.234. The molecular formula is C11H13N7O4. The van der Waals surface area contributed by atoms with Gasteiger partial charge < -0.3 is 25.8 Å². The van der Waals surface area contributed by atoms with Gasteiger partial charge in [0.1, 0.15) is 30.2 Å². The molecular weight excluding hydrogens is 294 g/mol. The smallest absolute Gasteiger partial charge is 0.199 e. The van der Waals surface area contributed by atoms with Crippen LogP contribution >= 0.6 is 0 Å². The number of rotatable bonds is 3. The van der Waals surface area contributed by atoms with E-state index in [9.17, 15) is 15.3 Å². The second-order valence-electron chi connectivity index (χ2n) is 4.87. The zero-order valence-corrected chi connectivity index (χ0v) is 11.2. The molecule has 1 aliphatic rings. The van der Waals surface area contributed by atoms with E-state index in [0.29, 0.717) is 11.2 Å². The maximum atomic E-state index is 10.2. The van der Waals surface area contributed by atoms with Crippen molar-refractivity contribution < 1.29 is 20.1 Å². The first-order valence-electron chi connectivity index (χ1n) is 6.33. The second kappa shape index (κ2) is 5.09. The number of nitrogens with zero attached hydrogens (tertiary/aromatic N) is 6. The molecule has 0 radical (unpaired) electrons. The van der Waals surface area contributed by atoms with Gasteiger partial charge in [0.05, 0.1) is 12.3 Å². The highest BCUT2D eigenvalue weighted by atomic mass is 16.6. The van der Waals surface area contributed by atoms with Crippen molar-refractivity contribution >= 4 is 11.3 Å². The summed E-state index contributed by atoms with van der Waals surface area (Å²) in [5.74, 6) is 0.234. The van der Waals surface area contributed by atoms with Crippen LogP contribution in [0.5, 0.6) is 0 Å². The fourth-order valence-electron chi connectivity index (χ4n) is 2.54. The number of fused-ring (bicyclic) bond motifs is 1. The van der Waals surface area contributed by atoms with Crippen molar-refractivity contribution in [3.05, 3.63) is 34.6 Å². The third kappa shape index (κ3) is 1.89. The lowest BCUT2D eigenvalue weighted by Gasteiger charge is -2.23. The van der Waals surface area contributed by atoms with E-state index >= 15 is 0 Å². The molecule has 2 aromatic rings. The maximum Gasteiger partial charge on any atom is 0.199 e. The molecule has 0 saturated carbocycles. The summed E-state index contributed by atoms with van der Waals surface area (Å²) >= 11 is 0. The first kappa shape index (κ1) is 14.5. The van der Waals surface area contributed by atoms with E-state index in [1.807, 2.05) is 0 Å². The van der Waals surface area contributed by atoms with Crippen LogP contribution in [0.3, 0.4) is 0 Å². The number of nitrogen functional groups attached to an aromatic ring is 1. The number of hydrogen-bond acceptors (Lipinski definition) is 8. The van der Waals surface area contributed by atoms with Crippen LogP contribution in [0.15, 0.2) is 23.6 Å². The SMILES string of the molecule is [N-]=[N+]=N[C@]1(CO)O[C@@H](c2ccc3c(N)ncnn23)[C@H](O)[C@@H]1O. The van der Waals surface area contributed by atoms with Crippen LogP contribution < -0.4 is 5.73 Å². The topological polar surface area (TPSA) is 175 Å². The predicted molar refractivity (Wildman–Crippen MR) is 72.2 cm³/mol. The van der Waals surface area contributed by atoms with Crippen LogP contribution in [-0.4, -0.2) is 54.5 Å². The van der Waals surface area contributed by atoms with Gasteiger partial charge in [-0.1, -0.05) is 5.11 Å². The van der Waals surface area contributed by atoms with Crippen LogP contribution in [0.2, 0.25) is 0 Å². The summed E-state index contributed by atoms with van der Waals surface area (Å²) in [4.78, 5) is 6.40. The number of anilines is 1. The van der Waals surface area contributed by atoms with Gasteiger partial charge in [0.15, 0.2) is 11.5 Å². The molecule has 3 rings (SSSR count). The predicted octanol–water partition coefficient (Wildman–Crippen LogP) is -0.897. The molecule has 0 bridgehead atoms. The van der Waals surface area contributed by atoms with E-state index in [-0.39, 0.29) is 5.82 Å². The summed E-state index contributed by atoms with van der Waals surface area (Å²) in [6.07, 6.45) is -2.85. The molecule has 1 aliphatic heterocycles. The van der Waals surface area contributed by atoms with E-state index in [2.05, 4.69) is 20.1 Å². The fourth-order valence-corrected chi connectivity index (χ4v) is 2.54. The van der Waals surface area contributed by atoms with Gasteiger partial charge in [-0.3, -0.25) is 0 Å². The Kier molecular flexibility index (Phi) is 3.35. The Labute approximate surface area is 123 Å². The highest BCUT2D eigenvalue weighted by Crippen LogP contribution is 2.41. The molecule has 11 heteroatoms. The lowest BCUT2D eigenvalue weighted by molar-refractivity contribution is -0.108. The number of ether oxygens (including phenoxy) is 1. The molecule has 2 aromatic heterocycles. The zero-order chi connectivity index (χ0) is 15.9. The summed E-state index contributed by atoms with van der Waals surface area (Å²) in [5, 5.41) is 37.0. The molecule has 22 heavy (non-hydrogen) atoms. The molecule has 0 spiro atoms. The molecule has 3 heterocycles. The van der Waals surface area contributed by atoms with Gasteiger partial charge in [-0.15, -0.1) is 0 Å². The molecule has 116 valence electrons. The van der Waals surface area contributed by atoms with Crippen LogP contribution in [-0.2, 0) is 4.74 Å². The lowest BCUT2D eigenvalue weighted by atomic mass is 10.0. The molecule has 1 saturated heterocycles. The first-order chi connectivity index (χ1) is 10.5. The standard InChI is InChI=1S/C11H13N7O4/c12-10-6-2-1-5(18(6)15-4-14-10)8-7(20)9(21)11(3-19,22-8)16-17-13/h1-2,4,7-9,19-21H,3H2,(H2,12,14,15)/t7-,8-,9-,11+/m0/s1. The number of aliphatic hydroxyl groups is 3. The molecule has 0 aromatic carbocycles. The lowest BCUT2D eigenvalue weighted by Crippen LogP contribution is -2.44. The largest absolute Gasteiger partial charge is 0.393 e. The zero-order valence-electron chi connectivity index (χ0n) is 11.2. The average Bonchev–Trinajstić information content (AvgIpc) is 3.04. The highest BCUT2D eigenvalue weighted by Gasteiger charge is 2.55. The Hall–Kier alpha value is -2.43. The van der Waals surface area contributed by atoms with Crippen molar-refractivity contribution in [3.8, 4) is 0 Å². The van der Waals surface area contributed by atoms with Gasteiger partial charge in [-0.25, -0.2) is 9.50 Å². The minimum Gasteiger partial charge on any atom is -0.393 e. The van der Waals surface area contributed by atoms with E-state index < -0.39 is 30.6 Å². The monoisotopic (exact) mass is 307 g/mol. The number of nitrogens with two attached hydrogens (primary N) is 1. The van der Waals surface area contributed by atoms with Crippen molar-refractivity contribution in [1.29, 1.82) is 0 Å². The minimum atomic E-state index is -1.96. The van der Waals surface area contributed by atoms with Crippen LogP contribution in [0.4, 0.5) is 5.82 Å². The third-order valence-corrected chi connectivity index (χ3v) is 3.67. The third-order valence-electron chi connectivity index (χ3n) is 3.67. The summed E-state index contributed by atoms with van der Waals surface area (Å²) in [6, 6.07) is 3.21. The molecule has 0 aliphatic carbocycles. The molecule has 1 fully saturated rings. The Morgan fingerprint density at radius 1 is 1.50 bits per heavy atom. The fraction of sp³-hybridized carbons (Fsp3) is 0.455. The Morgan fingerprint density at radius 2 is 2.27 bits per heavy atom. The molecule has 11 nitrogen and oxygen atoms in total. The number of aliphatic hydroxyl groups excluding tert-OH is 3. The molecule has 0 unspecified atom stereocenters. The normalized spacial score (nSPS) is 31.3. The Morgan fingerprint density at radius 3 is 2.95 bits per heavy atom. The maximum absolute atomic E-state index is 10.2. The van der Waals surface area contributed by atoms with Crippen LogP contribution in [0.1, 0.15) is 11.8 Å². The van der Waals surface area contributed by atoms with Gasteiger partial charge in [0, 0.05) is 4.91 Å². The average molecular weight is 307 g/mol. The first-order valence-corrected chi connectivity index (χ1v) is 6.33. The number of hydrogen-bond donors (Lipinski definition) is 4. The summed E-state index contributed by atoms with van der Waals surface area (Å²) < 4.78 is 6.86. The van der Waals surface area contributed by atoms with Crippen molar-refractivity contribution in [2.45, 2.75) is 24.0 Å². The van der Waals surface area contributed by atoms with Crippen LogP contribution in [0, 0.1) is 0 Å². The van der Waals surface area contributed by atoms with Crippen molar-refractivity contribution in [3.63, 3.8) is 0 Å². The van der Waals surface area contributed by atoms with E-state index in [0.717, 1.165) is 0 Å². The van der Waals surface area contributed by atoms with Crippen molar-refractivity contribution in [1.82, 2.24) is 14.6 Å². The van der Waals surface area contributed by atoms with Gasteiger partial charge >= 0.3 is 0 Å². The number of aromatic nitrogens is 3. The number of azide groups is 1. The van der Waals surface area contributed by atoms with Gasteiger partial charge in [0.2, 0.25) is 0 Å². The van der Waals surface area contributed by atoms with Gasteiger partial charge in [0.25, 0.3) is 0 Å². The molecule has 4 atom stereocenters. The van der Waals surface area contributed by atoms with Crippen molar-refractivity contribution in [2.75, 3.05) is 12.3 Å². The van der Waals surface area contributed by atoms with E-state index in [1.54, 1.807) is 12.1 Å². The van der Waals surface area contributed by atoms with Crippen molar-refractivity contribution in [2.24, 2.45) is 5.11 Å².